The highest BCUT2D eigenvalue weighted by Gasteiger charge is 2.10. The van der Waals surface area contributed by atoms with Crippen LogP contribution in [0.4, 0.5) is 5.95 Å². The van der Waals surface area contributed by atoms with Gasteiger partial charge in [0.1, 0.15) is 0 Å². The van der Waals surface area contributed by atoms with Crippen LogP contribution in [-0.4, -0.2) is 21.5 Å². The molecular weight excluding hydrogens is 184 g/mol. The summed E-state index contributed by atoms with van der Waals surface area (Å²) in [6, 6.07) is 0. The molecule has 0 aromatic carbocycles. The third kappa shape index (κ3) is 3.42. The summed E-state index contributed by atoms with van der Waals surface area (Å²) in [6.07, 6.45) is 0. The molecular formula is C8H14N4O2. The lowest BCUT2D eigenvalue weighted by Gasteiger charge is -2.18. The quantitative estimate of drug-likeness (QED) is 0.619. The molecule has 0 saturated heterocycles. The smallest absolute Gasteiger partial charge is 0.352 e. The van der Waals surface area contributed by atoms with Gasteiger partial charge in [-0.1, -0.05) is 20.8 Å². The Balaban J connectivity index is 2.78. The van der Waals surface area contributed by atoms with E-state index in [1.165, 1.54) is 0 Å². The van der Waals surface area contributed by atoms with E-state index in [-0.39, 0.29) is 11.4 Å². The van der Waals surface area contributed by atoms with Gasteiger partial charge in [-0.25, -0.2) is 9.59 Å². The normalized spacial score (nSPS) is 11.4. The molecule has 0 unspecified atom stereocenters. The van der Waals surface area contributed by atoms with Crippen LogP contribution in [0.5, 0.6) is 0 Å². The van der Waals surface area contributed by atoms with Gasteiger partial charge in [0, 0.05) is 6.54 Å². The third-order valence-electron chi connectivity index (χ3n) is 1.45. The molecule has 0 atom stereocenters. The Morgan fingerprint density at radius 3 is 2.43 bits per heavy atom. The zero-order valence-electron chi connectivity index (χ0n) is 8.47. The van der Waals surface area contributed by atoms with Gasteiger partial charge in [0.15, 0.2) is 0 Å². The molecule has 6 heteroatoms. The van der Waals surface area contributed by atoms with Crippen molar-refractivity contribution in [3.63, 3.8) is 0 Å². The van der Waals surface area contributed by atoms with Crippen LogP contribution in [0.2, 0.25) is 0 Å². The molecule has 6 nitrogen and oxygen atoms in total. The third-order valence-corrected chi connectivity index (χ3v) is 1.45. The molecule has 1 heterocycles. The van der Waals surface area contributed by atoms with Crippen molar-refractivity contribution in [3.8, 4) is 0 Å². The SMILES string of the molecule is CC(C)(C)CNc1nc(=O)[nH]c(=O)[nH]1. The van der Waals surface area contributed by atoms with Gasteiger partial charge in [0.25, 0.3) is 0 Å². The monoisotopic (exact) mass is 198 g/mol. The fourth-order valence-corrected chi connectivity index (χ4v) is 0.826. The molecule has 0 fully saturated rings. The minimum Gasteiger partial charge on any atom is -0.355 e. The van der Waals surface area contributed by atoms with Crippen molar-refractivity contribution in [2.24, 2.45) is 5.41 Å². The van der Waals surface area contributed by atoms with E-state index < -0.39 is 11.4 Å². The van der Waals surface area contributed by atoms with Crippen molar-refractivity contribution in [2.75, 3.05) is 11.9 Å². The number of anilines is 1. The van der Waals surface area contributed by atoms with Crippen molar-refractivity contribution < 1.29 is 0 Å². The highest BCUT2D eigenvalue weighted by atomic mass is 16.2. The summed E-state index contributed by atoms with van der Waals surface area (Å²) in [5.74, 6) is 0.202. The summed E-state index contributed by atoms with van der Waals surface area (Å²) in [7, 11) is 0. The number of hydrogen-bond donors (Lipinski definition) is 3. The number of H-pyrrole nitrogens is 2. The lowest BCUT2D eigenvalue weighted by Crippen LogP contribution is -2.29. The van der Waals surface area contributed by atoms with Gasteiger partial charge in [0.2, 0.25) is 5.95 Å². The topological polar surface area (TPSA) is 90.6 Å². The second-order valence-corrected chi connectivity index (χ2v) is 4.26. The summed E-state index contributed by atoms with van der Waals surface area (Å²) in [4.78, 5) is 29.6. The predicted molar refractivity (Wildman–Crippen MR) is 53.4 cm³/mol. The second-order valence-electron chi connectivity index (χ2n) is 4.26. The average molecular weight is 198 g/mol. The molecule has 1 aromatic heterocycles. The van der Waals surface area contributed by atoms with Crippen molar-refractivity contribution in [1.29, 1.82) is 0 Å². The van der Waals surface area contributed by atoms with Crippen molar-refractivity contribution in [1.82, 2.24) is 15.0 Å². The van der Waals surface area contributed by atoms with Crippen LogP contribution in [0, 0.1) is 5.41 Å². The Labute approximate surface area is 80.8 Å². The van der Waals surface area contributed by atoms with Crippen LogP contribution in [0.15, 0.2) is 9.59 Å². The predicted octanol–water partition coefficient (Wildman–Crippen LogP) is -0.0838. The summed E-state index contributed by atoms with van der Waals surface area (Å²) in [6.45, 7) is 6.72. The first kappa shape index (κ1) is 10.5. The number of hydrogen-bond acceptors (Lipinski definition) is 4. The van der Waals surface area contributed by atoms with Crippen LogP contribution in [0.3, 0.4) is 0 Å². The van der Waals surface area contributed by atoms with E-state index in [9.17, 15) is 9.59 Å². The number of aromatic amines is 2. The first-order valence-corrected chi connectivity index (χ1v) is 4.31. The largest absolute Gasteiger partial charge is 0.355 e. The van der Waals surface area contributed by atoms with Crippen LogP contribution in [0.25, 0.3) is 0 Å². The van der Waals surface area contributed by atoms with Crippen LogP contribution < -0.4 is 16.7 Å². The van der Waals surface area contributed by atoms with Crippen LogP contribution in [0.1, 0.15) is 20.8 Å². The number of rotatable bonds is 2. The Morgan fingerprint density at radius 1 is 1.29 bits per heavy atom. The number of nitrogens with zero attached hydrogens (tertiary/aromatic N) is 1. The van der Waals surface area contributed by atoms with E-state index in [0.717, 1.165) is 0 Å². The van der Waals surface area contributed by atoms with E-state index in [0.29, 0.717) is 6.54 Å². The van der Waals surface area contributed by atoms with Gasteiger partial charge in [-0.2, -0.15) is 4.98 Å². The van der Waals surface area contributed by atoms with E-state index >= 15 is 0 Å². The van der Waals surface area contributed by atoms with Crippen molar-refractivity contribution >= 4 is 5.95 Å². The molecule has 0 aliphatic carbocycles. The molecule has 1 aromatic rings. The fraction of sp³-hybridized carbons (Fsp3) is 0.625. The maximum absolute atomic E-state index is 10.8. The molecule has 3 N–H and O–H groups in total. The summed E-state index contributed by atoms with van der Waals surface area (Å²) < 4.78 is 0. The van der Waals surface area contributed by atoms with E-state index in [1.54, 1.807) is 0 Å². The van der Waals surface area contributed by atoms with E-state index in [2.05, 4.69) is 15.3 Å². The molecule has 0 radical (unpaired) electrons. The van der Waals surface area contributed by atoms with Gasteiger partial charge >= 0.3 is 11.4 Å². The summed E-state index contributed by atoms with van der Waals surface area (Å²) in [5, 5.41) is 2.88. The Hall–Kier alpha value is -1.59. The molecule has 78 valence electrons. The zero-order valence-corrected chi connectivity index (χ0v) is 8.47. The lowest BCUT2D eigenvalue weighted by molar-refractivity contribution is 0.441. The minimum absolute atomic E-state index is 0.0567. The molecule has 0 aliphatic rings. The summed E-state index contributed by atoms with van der Waals surface area (Å²) in [5.41, 5.74) is -1.15. The number of nitrogens with one attached hydrogen (secondary N) is 3. The van der Waals surface area contributed by atoms with Crippen molar-refractivity contribution in [3.05, 3.63) is 21.0 Å². The standard InChI is InChI=1S/C8H14N4O2/c1-8(2,3)4-9-5-10-6(13)12-7(14)11-5/h4H2,1-3H3,(H3,9,10,11,12,13,14). The average Bonchev–Trinajstić information content (AvgIpc) is 1.97. The summed E-state index contributed by atoms with van der Waals surface area (Å²) >= 11 is 0. The van der Waals surface area contributed by atoms with Gasteiger partial charge in [-0.05, 0) is 5.41 Å². The van der Waals surface area contributed by atoms with Gasteiger partial charge in [-0.3, -0.25) is 9.97 Å². The van der Waals surface area contributed by atoms with Crippen molar-refractivity contribution in [2.45, 2.75) is 20.8 Å². The molecule has 0 spiro atoms. The second kappa shape index (κ2) is 3.65. The van der Waals surface area contributed by atoms with Crippen LogP contribution in [-0.2, 0) is 0 Å². The molecule has 0 aliphatic heterocycles. The van der Waals surface area contributed by atoms with Gasteiger partial charge in [0.05, 0.1) is 0 Å². The van der Waals surface area contributed by atoms with Crippen LogP contribution >= 0.6 is 0 Å². The van der Waals surface area contributed by atoms with Gasteiger partial charge in [-0.15, -0.1) is 0 Å². The Kier molecular flexibility index (Phi) is 2.73. The van der Waals surface area contributed by atoms with E-state index in [4.69, 9.17) is 0 Å². The lowest BCUT2D eigenvalue weighted by atomic mass is 9.97. The number of aromatic nitrogens is 3. The molecule has 0 amide bonds. The first-order valence-electron chi connectivity index (χ1n) is 4.31. The minimum atomic E-state index is -0.648. The Bertz CT molecular complexity index is 384. The fourth-order valence-electron chi connectivity index (χ4n) is 0.826. The highest BCUT2D eigenvalue weighted by Crippen LogP contribution is 2.12. The first-order chi connectivity index (χ1) is 6.37. The Morgan fingerprint density at radius 2 is 1.93 bits per heavy atom. The molecule has 14 heavy (non-hydrogen) atoms. The van der Waals surface area contributed by atoms with E-state index in [1.807, 2.05) is 25.8 Å². The highest BCUT2D eigenvalue weighted by molar-refractivity contribution is 5.20. The zero-order chi connectivity index (χ0) is 10.8. The molecule has 0 bridgehead atoms. The van der Waals surface area contributed by atoms with Gasteiger partial charge < -0.3 is 5.32 Å². The maximum Gasteiger partial charge on any atom is 0.352 e. The molecule has 0 saturated carbocycles. The molecule has 1 rings (SSSR count). The maximum atomic E-state index is 10.8.